The molecule has 0 saturated carbocycles. The summed E-state index contributed by atoms with van der Waals surface area (Å²) in [6.45, 7) is 4.69. The van der Waals surface area contributed by atoms with Gasteiger partial charge >= 0.3 is 17.6 Å². The van der Waals surface area contributed by atoms with E-state index in [1.54, 1.807) is 30.1 Å². The lowest BCUT2D eigenvalue weighted by Gasteiger charge is -2.36. The van der Waals surface area contributed by atoms with E-state index in [4.69, 9.17) is 10.2 Å². The van der Waals surface area contributed by atoms with Gasteiger partial charge in [-0.2, -0.15) is 0 Å². The monoisotopic (exact) mass is 529 g/mol. The fourth-order valence-electron chi connectivity index (χ4n) is 3.97. The fraction of sp³-hybridized carbons (Fsp3) is 0.348. The van der Waals surface area contributed by atoms with Crippen LogP contribution < -0.4 is 16.1 Å². The summed E-state index contributed by atoms with van der Waals surface area (Å²) in [4.78, 5) is 62.9. The molecular formula is C23H27N7O8. The van der Waals surface area contributed by atoms with Crippen molar-refractivity contribution in [1.29, 1.82) is 0 Å². The molecule has 2 N–H and O–H groups in total. The molecule has 0 amide bonds. The number of carbonyl (C=O) groups is 2. The first-order chi connectivity index (χ1) is 18.0. The number of aliphatic carboxylic acids is 2. The molecule has 3 heterocycles. The average molecular weight is 530 g/mol. The molecule has 2 aromatic heterocycles. The van der Waals surface area contributed by atoms with Gasteiger partial charge in [0.25, 0.3) is 11.2 Å². The van der Waals surface area contributed by atoms with Crippen LogP contribution in [0.2, 0.25) is 0 Å². The quantitative estimate of drug-likeness (QED) is 0.236. The highest BCUT2D eigenvalue weighted by Crippen LogP contribution is 2.20. The first-order valence-electron chi connectivity index (χ1n) is 11.5. The van der Waals surface area contributed by atoms with E-state index in [0.29, 0.717) is 29.9 Å². The summed E-state index contributed by atoms with van der Waals surface area (Å²) >= 11 is 0. The van der Waals surface area contributed by atoms with Gasteiger partial charge in [0, 0.05) is 83.3 Å². The van der Waals surface area contributed by atoms with Crippen LogP contribution in [0.1, 0.15) is 0 Å². The Kier molecular flexibility index (Phi) is 8.75. The molecule has 202 valence electrons. The molecule has 0 radical (unpaired) electrons. The molecule has 0 spiro atoms. The third kappa shape index (κ3) is 6.50. The van der Waals surface area contributed by atoms with Gasteiger partial charge in [-0.1, -0.05) is 0 Å². The number of non-ortho nitro benzene ring substituents is 1. The maximum absolute atomic E-state index is 12.5. The highest BCUT2D eigenvalue weighted by Gasteiger charge is 2.19. The molecule has 0 unspecified atom stereocenters. The van der Waals surface area contributed by atoms with E-state index in [2.05, 4.69) is 14.8 Å². The van der Waals surface area contributed by atoms with Crippen molar-refractivity contribution in [3.8, 4) is 0 Å². The van der Waals surface area contributed by atoms with Crippen LogP contribution in [0.25, 0.3) is 11.2 Å². The van der Waals surface area contributed by atoms with Crippen LogP contribution in [0.4, 0.5) is 11.4 Å². The standard InChI is InChI=1S/C19H23N7O4.C4H4O4/c1-21-17-16(18(27)22(2)19(21)28)25(13-20-17)12-9-23-7-10-24(11-8-23)14-3-5-15(6-4-14)26(29)30;5-3(6)1-2-4(7)8/h3-6,13H,7-12H2,1-2H3;1-2H,(H,5,6)(H,7,8)/b;2-1-. The molecule has 15 heteroatoms. The van der Waals surface area contributed by atoms with Crippen molar-refractivity contribution in [2.75, 3.05) is 37.6 Å². The zero-order valence-corrected chi connectivity index (χ0v) is 20.8. The predicted octanol–water partition coefficient (Wildman–Crippen LogP) is -0.124. The molecule has 4 rings (SSSR count). The normalized spacial score (nSPS) is 13.9. The molecule has 15 nitrogen and oxygen atoms in total. The number of benzene rings is 1. The second-order valence-corrected chi connectivity index (χ2v) is 8.43. The highest BCUT2D eigenvalue weighted by molar-refractivity contribution is 5.89. The fourth-order valence-corrected chi connectivity index (χ4v) is 3.97. The summed E-state index contributed by atoms with van der Waals surface area (Å²) in [7, 11) is 3.08. The lowest BCUT2D eigenvalue weighted by molar-refractivity contribution is -0.384. The van der Waals surface area contributed by atoms with Gasteiger partial charge in [0.1, 0.15) is 0 Å². The maximum Gasteiger partial charge on any atom is 0.332 e. The van der Waals surface area contributed by atoms with Crippen molar-refractivity contribution in [3.63, 3.8) is 0 Å². The third-order valence-corrected chi connectivity index (χ3v) is 6.04. The van der Waals surface area contributed by atoms with Crippen molar-refractivity contribution in [2.24, 2.45) is 14.1 Å². The van der Waals surface area contributed by atoms with E-state index in [1.165, 1.54) is 23.7 Å². The van der Waals surface area contributed by atoms with Crippen LogP contribution in [0.3, 0.4) is 0 Å². The van der Waals surface area contributed by atoms with Crippen LogP contribution in [0, 0.1) is 10.1 Å². The Balaban J connectivity index is 0.000000436. The van der Waals surface area contributed by atoms with E-state index in [-0.39, 0.29) is 16.9 Å². The largest absolute Gasteiger partial charge is 0.478 e. The van der Waals surface area contributed by atoms with Gasteiger partial charge in [-0.05, 0) is 12.1 Å². The number of carboxylic acids is 2. The van der Waals surface area contributed by atoms with Crippen molar-refractivity contribution >= 4 is 34.5 Å². The molecule has 1 saturated heterocycles. The zero-order valence-electron chi connectivity index (χ0n) is 20.8. The summed E-state index contributed by atoms with van der Waals surface area (Å²) in [6.07, 6.45) is 2.73. The van der Waals surface area contributed by atoms with Gasteiger partial charge < -0.3 is 19.7 Å². The molecule has 3 aromatic rings. The molecule has 1 aromatic carbocycles. The minimum absolute atomic E-state index is 0.0913. The number of aryl methyl sites for hydroxylation is 1. The summed E-state index contributed by atoms with van der Waals surface area (Å²) in [5.41, 5.74) is 1.17. The molecule has 0 aliphatic carbocycles. The van der Waals surface area contributed by atoms with Gasteiger partial charge in [0.2, 0.25) is 0 Å². The number of nitro groups is 1. The summed E-state index contributed by atoms with van der Waals surface area (Å²) < 4.78 is 4.29. The second-order valence-electron chi connectivity index (χ2n) is 8.43. The average Bonchev–Trinajstić information content (AvgIpc) is 3.33. The Bertz CT molecular complexity index is 1460. The van der Waals surface area contributed by atoms with E-state index in [9.17, 15) is 29.3 Å². The number of aromatic nitrogens is 4. The van der Waals surface area contributed by atoms with Crippen molar-refractivity contribution in [1.82, 2.24) is 23.6 Å². The molecule has 1 aliphatic rings. The maximum atomic E-state index is 12.5. The molecule has 0 atom stereocenters. The van der Waals surface area contributed by atoms with Crippen LogP contribution in [-0.2, 0) is 30.2 Å². The number of hydrogen-bond donors (Lipinski definition) is 2. The highest BCUT2D eigenvalue weighted by atomic mass is 16.6. The van der Waals surface area contributed by atoms with Gasteiger partial charge in [0.05, 0.1) is 11.3 Å². The van der Waals surface area contributed by atoms with Crippen molar-refractivity contribution < 1.29 is 24.7 Å². The van der Waals surface area contributed by atoms with E-state index in [0.717, 1.165) is 43.0 Å². The van der Waals surface area contributed by atoms with E-state index >= 15 is 0 Å². The summed E-state index contributed by atoms with van der Waals surface area (Å²) in [5.74, 6) is -2.51. The van der Waals surface area contributed by atoms with E-state index < -0.39 is 16.9 Å². The first-order valence-corrected chi connectivity index (χ1v) is 11.5. The number of piperazine rings is 1. The number of fused-ring (bicyclic) bond motifs is 1. The number of imidazole rings is 1. The first kappa shape index (κ1) is 27.8. The molecule has 1 aliphatic heterocycles. The number of carboxylic acid groups (broad SMARTS) is 2. The van der Waals surface area contributed by atoms with Crippen molar-refractivity contribution in [3.05, 3.63) is 73.7 Å². The number of anilines is 1. The number of rotatable bonds is 7. The minimum atomic E-state index is -1.26. The number of nitro benzene ring substituents is 1. The Morgan fingerprint density at radius 2 is 1.55 bits per heavy atom. The van der Waals surface area contributed by atoms with Crippen molar-refractivity contribution in [2.45, 2.75) is 6.54 Å². The Labute approximate surface area is 215 Å². The minimum Gasteiger partial charge on any atom is -0.478 e. The molecular weight excluding hydrogens is 502 g/mol. The number of nitrogens with zero attached hydrogens (tertiary/aromatic N) is 7. The topological polar surface area (TPSA) is 186 Å². The molecule has 1 fully saturated rings. The van der Waals surface area contributed by atoms with Crippen LogP contribution >= 0.6 is 0 Å². The third-order valence-electron chi connectivity index (χ3n) is 6.04. The summed E-state index contributed by atoms with van der Waals surface area (Å²) in [5, 5.41) is 26.4. The predicted molar refractivity (Wildman–Crippen MR) is 136 cm³/mol. The Hall–Kier alpha value is -4.79. The Morgan fingerprint density at radius 3 is 2.08 bits per heavy atom. The van der Waals surface area contributed by atoms with Gasteiger partial charge in [-0.3, -0.25) is 28.9 Å². The van der Waals surface area contributed by atoms with Gasteiger partial charge in [0.15, 0.2) is 11.2 Å². The van der Waals surface area contributed by atoms with Gasteiger partial charge in [-0.15, -0.1) is 0 Å². The Morgan fingerprint density at radius 1 is 0.974 bits per heavy atom. The van der Waals surface area contributed by atoms with Crippen LogP contribution in [0.15, 0.2) is 52.3 Å². The second kappa shape index (κ2) is 12.0. The summed E-state index contributed by atoms with van der Waals surface area (Å²) in [6, 6.07) is 6.62. The SMILES string of the molecule is Cn1c(=O)c2c(ncn2CCN2CCN(c3ccc([N+](=O)[O-])cc3)CC2)n(C)c1=O.O=C(O)/C=C\C(=O)O. The van der Waals surface area contributed by atoms with E-state index in [1.807, 2.05) is 0 Å². The molecule has 38 heavy (non-hydrogen) atoms. The number of hydrogen-bond acceptors (Lipinski definition) is 9. The van der Waals surface area contributed by atoms with Crippen LogP contribution in [0.5, 0.6) is 0 Å². The van der Waals surface area contributed by atoms with Gasteiger partial charge in [-0.25, -0.2) is 19.4 Å². The lowest BCUT2D eigenvalue weighted by Crippen LogP contribution is -2.47. The molecule has 0 bridgehead atoms. The lowest BCUT2D eigenvalue weighted by atomic mass is 10.2. The smallest absolute Gasteiger partial charge is 0.332 e. The zero-order chi connectivity index (χ0) is 28.0. The van der Waals surface area contributed by atoms with Crippen LogP contribution in [-0.4, -0.2) is 83.4 Å².